The minimum absolute atomic E-state index is 0.290. The van der Waals surface area contributed by atoms with E-state index in [9.17, 15) is 0 Å². The average molecular weight is 346 g/mol. The van der Waals surface area contributed by atoms with Gasteiger partial charge in [-0.3, -0.25) is 0 Å². The van der Waals surface area contributed by atoms with Crippen LogP contribution in [0.25, 0.3) is 0 Å². The molecule has 2 aromatic carbocycles. The van der Waals surface area contributed by atoms with Gasteiger partial charge in [-0.15, -0.1) is 0 Å². The van der Waals surface area contributed by atoms with Gasteiger partial charge in [-0.25, -0.2) is 0 Å². The molecule has 0 saturated carbocycles. The second kappa shape index (κ2) is 5.82. The Morgan fingerprint density at radius 3 is 2.71 bits per heavy atom. The third kappa shape index (κ3) is 3.47. The molecular formula is C18H20BrNO. The smallest absolute Gasteiger partial charge is 0.125 e. The molecule has 0 bridgehead atoms. The van der Waals surface area contributed by atoms with Gasteiger partial charge in [0, 0.05) is 16.4 Å². The molecule has 0 spiro atoms. The maximum absolute atomic E-state index is 6.55. The maximum Gasteiger partial charge on any atom is 0.125 e. The summed E-state index contributed by atoms with van der Waals surface area (Å²) in [6, 6.07) is 14.7. The zero-order valence-corrected chi connectivity index (χ0v) is 13.8. The van der Waals surface area contributed by atoms with Crippen LogP contribution in [0.3, 0.4) is 0 Å². The fraction of sp³-hybridized carbons (Fsp3) is 0.333. The lowest BCUT2D eigenvalue weighted by atomic mass is 9.86. The number of halogens is 1. The predicted octanol–water partition coefficient (Wildman–Crippen LogP) is 3.89. The Bertz CT molecular complexity index is 637. The van der Waals surface area contributed by atoms with Gasteiger partial charge in [-0.2, -0.15) is 0 Å². The van der Waals surface area contributed by atoms with Gasteiger partial charge in [0.25, 0.3) is 0 Å². The monoisotopic (exact) mass is 345 g/mol. The molecule has 0 saturated heterocycles. The number of rotatable bonds is 4. The van der Waals surface area contributed by atoms with Gasteiger partial charge in [0.2, 0.25) is 0 Å². The summed E-state index contributed by atoms with van der Waals surface area (Å²) in [5.74, 6) is 1.04. The van der Waals surface area contributed by atoms with Gasteiger partial charge in [-0.05, 0) is 48.6 Å². The van der Waals surface area contributed by atoms with Crippen LogP contribution >= 0.6 is 15.9 Å². The van der Waals surface area contributed by atoms with Crippen LogP contribution in [-0.4, -0.2) is 12.1 Å². The lowest BCUT2D eigenvalue weighted by Crippen LogP contribution is -2.41. The van der Waals surface area contributed by atoms with Crippen molar-refractivity contribution in [3.05, 3.63) is 63.6 Å². The maximum atomic E-state index is 6.55. The summed E-state index contributed by atoms with van der Waals surface area (Å²) in [5, 5.41) is 0. The van der Waals surface area contributed by atoms with Crippen LogP contribution < -0.4 is 10.5 Å². The summed E-state index contributed by atoms with van der Waals surface area (Å²) in [6.45, 7) is 2.89. The van der Waals surface area contributed by atoms with E-state index < -0.39 is 0 Å². The Morgan fingerprint density at radius 2 is 1.95 bits per heavy atom. The SMILES string of the molecule is CC(N)(Cc1ccccc1)Cc1cc(Br)cc2c1OCC2. The number of ether oxygens (including phenoxy) is 1. The first-order valence-electron chi connectivity index (χ1n) is 7.30. The Kier molecular flexibility index (Phi) is 4.05. The van der Waals surface area contributed by atoms with Crippen LogP contribution in [0.2, 0.25) is 0 Å². The molecule has 1 aliphatic rings. The molecule has 1 heterocycles. The fourth-order valence-electron chi connectivity index (χ4n) is 3.04. The first kappa shape index (κ1) is 14.6. The molecular weight excluding hydrogens is 326 g/mol. The Morgan fingerprint density at radius 1 is 1.19 bits per heavy atom. The van der Waals surface area contributed by atoms with E-state index in [4.69, 9.17) is 10.5 Å². The molecule has 0 fully saturated rings. The van der Waals surface area contributed by atoms with Gasteiger partial charge in [0.1, 0.15) is 5.75 Å². The van der Waals surface area contributed by atoms with Gasteiger partial charge in [0.15, 0.2) is 0 Å². The molecule has 2 N–H and O–H groups in total. The van der Waals surface area contributed by atoms with Gasteiger partial charge in [-0.1, -0.05) is 46.3 Å². The van der Waals surface area contributed by atoms with Gasteiger partial charge >= 0.3 is 0 Å². The van der Waals surface area contributed by atoms with Crippen LogP contribution in [0.15, 0.2) is 46.9 Å². The van der Waals surface area contributed by atoms with Crippen LogP contribution in [-0.2, 0) is 19.3 Å². The minimum Gasteiger partial charge on any atom is -0.493 e. The summed E-state index contributed by atoms with van der Waals surface area (Å²) in [5.41, 5.74) is 10.0. The third-order valence-corrected chi connectivity index (χ3v) is 4.33. The number of hydrogen-bond donors (Lipinski definition) is 1. The van der Waals surface area contributed by atoms with Crippen molar-refractivity contribution in [1.82, 2.24) is 0 Å². The molecule has 0 amide bonds. The summed E-state index contributed by atoms with van der Waals surface area (Å²) in [7, 11) is 0. The predicted molar refractivity (Wildman–Crippen MR) is 89.8 cm³/mol. The number of fused-ring (bicyclic) bond motifs is 1. The van der Waals surface area contributed by atoms with Crippen LogP contribution in [0.1, 0.15) is 23.6 Å². The highest BCUT2D eigenvalue weighted by molar-refractivity contribution is 9.10. The molecule has 2 aromatic rings. The van der Waals surface area contributed by atoms with Crippen molar-refractivity contribution in [3.8, 4) is 5.75 Å². The highest BCUT2D eigenvalue weighted by atomic mass is 79.9. The third-order valence-electron chi connectivity index (χ3n) is 3.87. The molecule has 3 rings (SSSR count). The van der Waals surface area contributed by atoms with Crippen molar-refractivity contribution < 1.29 is 4.74 Å². The normalized spacial score (nSPS) is 16.1. The first-order chi connectivity index (χ1) is 10.0. The van der Waals surface area contributed by atoms with E-state index in [0.29, 0.717) is 0 Å². The van der Waals surface area contributed by atoms with E-state index in [2.05, 4.69) is 59.3 Å². The zero-order valence-electron chi connectivity index (χ0n) is 12.2. The second-order valence-corrected chi connectivity index (χ2v) is 7.06. The average Bonchev–Trinajstić information content (AvgIpc) is 2.87. The molecule has 110 valence electrons. The minimum atomic E-state index is -0.290. The molecule has 21 heavy (non-hydrogen) atoms. The quantitative estimate of drug-likeness (QED) is 0.912. The number of nitrogens with two attached hydrogens (primary N) is 1. The van der Waals surface area contributed by atoms with Gasteiger partial charge in [0.05, 0.1) is 6.61 Å². The molecule has 0 aromatic heterocycles. The van der Waals surface area contributed by atoms with Crippen molar-refractivity contribution in [2.45, 2.75) is 31.7 Å². The van der Waals surface area contributed by atoms with E-state index in [0.717, 1.165) is 36.1 Å². The Hall–Kier alpha value is -1.32. The van der Waals surface area contributed by atoms with Crippen LogP contribution in [0.5, 0.6) is 5.75 Å². The summed E-state index contributed by atoms with van der Waals surface area (Å²) in [4.78, 5) is 0. The van der Waals surface area contributed by atoms with Gasteiger partial charge < -0.3 is 10.5 Å². The second-order valence-electron chi connectivity index (χ2n) is 6.14. The van der Waals surface area contributed by atoms with E-state index in [1.54, 1.807) is 0 Å². The highest BCUT2D eigenvalue weighted by Crippen LogP contribution is 2.35. The largest absolute Gasteiger partial charge is 0.493 e. The lowest BCUT2D eigenvalue weighted by Gasteiger charge is -2.26. The Balaban J connectivity index is 1.83. The highest BCUT2D eigenvalue weighted by Gasteiger charge is 2.25. The Labute approximate surface area is 134 Å². The lowest BCUT2D eigenvalue weighted by molar-refractivity contribution is 0.348. The number of benzene rings is 2. The fourth-order valence-corrected chi connectivity index (χ4v) is 3.59. The first-order valence-corrected chi connectivity index (χ1v) is 8.10. The molecule has 1 atom stereocenters. The number of hydrogen-bond acceptors (Lipinski definition) is 2. The van der Waals surface area contributed by atoms with Crippen LogP contribution in [0, 0.1) is 0 Å². The van der Waals surface area contributed by atoms with Crippen molar-refractivity contribution in [3.63, 3.8) is 0 Å². The molecule has 0 aliphatic carbocycles. The summed E-state index contributed by atoms with van der Waals surface area (Å²) >= 11 is 3.59. The van der Waals surface area contributed by atoms with E-state index in [1.165, 1.54) is 16.7 Å². The summed E-state index contributed by atoms with van der Waals surface area (Å²) < 4.78 is 6.91. The standard InChI is InChI=1S/C18H20BrNO/c1-18(20,11-13-5-3-2-4-6-13)12-15-10-16(19)9-14-7-8-21-17(14)15/h2-6,9-10H,7-8,11-12,20H2,1H3. The van der Waals surface area contributed by atoms with Crippen molar-refractivity contribution in [2.75, 3.05) is 6.61 Å². The van der Waals surface area contributed by atoms with Crippen molar-refractivity contribution >= 4 is 15.9 Å². The molecule has 1 unspecified atom stereocenters. The van der Waals surface area contributed by atoms with Crippen LogP contribution in [0.4, 0.5) is 0 Å². The topological polar surface area (TPSA) is 35.2 Å². The molecule has 1 aliphatic heterocycles. The van der Waals surface area contributed by atoms with E-state index >= 15 is 0 Å². The van der Waals surface area contributed by atoms with Crippen molar-refractivity contribution in [1.29, 1.82) is 0 Å². The van der Waals surface area contributed by atoms with Crippen molar-refractivity contribution in [2.24, 2.45) is 5.73 Å². The summed E-state index contributed by atoms with van der Waals surface area (Å²) in [6.07, 6.45) is 2.65. The zero-order chi connectivity index (χ0) is 14.9. The molecule has 2 nitrogen and oxygen atoms in total. The molecule has 3 heteroatoms. The van der Waals surface area contributed by atoms with E-state index in [1.807, 2.05) is 6.07 Å². The molecule has 0 radical (unpaired) electrons. The van der Waals surface area contributed by atoms with E-state index in [-0.39, 0.29) is 5.54 Å².